The van der Waals surface area contributed by atoms with E-state index in [4.69, 9.17) is 0 Å². The van der Waals surface area contributed by atoms with Crippen molar-refractivity contribution >= 4 is 22.4 Å². The predicted octanol–water partition coefficient (Wildman–Crippen LogP) is 2.77. The summed E-state index contributed by atoms with van der Waals surface area (Å²) < 4.78 is 0. The molecule has 6 heteroatoms. The number of nitrogens with one attached hydrogen (secondary N) is 2. The van der Waals surface area contributed by atoms with Gasteiger partial charge in [0.2, 0.25) is 0 Å². The summed E-state index contributed by atoms with van der Waals surface area (Å²) in [6, 6.07) is 3.94. The van der Waals surface area contributed by atoms with Crippen LogP contribution in [0.25, 0.3) is 0 Å². The Morgan fingerprint density at radius 3 is 2.90 bits per heavy atom. The number of aryl methyl sites for hydroxylation is 1. The molecular formula is C15H18N4OS. The number of thiazole rings is 1. The van der Waals surface area contributed by atoms with E-state index in [2.05, 4.69) is 20.6 Å². The summed E-state index contributed by atoms with van der Waals surface area (Å²) in [6.07, 6.45) is 4.06. The Morgan fingerprint density at radius 1 is 1.48 bits per heavy atom. The van der Waals surface area contributed by atoms with Gasteiger partial charge in [-0.1, -0.05) is 6.07 Å². The van der Waals surface area contributed by atoms with Crippen molar-refractivity contribution in [3.63, 3.8) is 0 Å². The van der Waals surface area contributed by atoms with Crippen LogP contribution in [0.4, 0.5) is 5.13 Å². The van der Waals surface area contributed by atoms with Crippen molar-refractivity contribution in [3.8, 4) is 0 Å². The maximum absolute atomic E-state index is 12.4. The first-order valence-electron chi connectivity index (χ1n) is 7.04. The standard InChI is InChI=1S/C15H18N4OS/c1-9-4-3-7-17-12(9)13(10-5-6-10)19-14(20)11-8-21-15(16-2)18-11/h3-4,7-8,10,13H,5-6H2,1-2H3,(H,16,18)(H,19,20)/t13-/m1/s1. The second-order valence-corrected chi connectivity index (χ2v) is 6.14. The third kappa shape index (κ3) is 3.05. The molecule has 0 bridgehead atoms. The molecule has 1 amide bonds. The Labute approximate surface area is 127 Å². The van der Waals surface area contributed by atoms with E-state index in [0.717, 1.165) is 29.2 Å². The summed E-state index contributed by atoms with van der Waals surface area (Å²) in [5, 5.41) is 8.57. The molecule has 1 saturated carbocycles. The first kappa shape index (κ1) is 14.0. The second-order valence-electron chi connectivity index (χ2n) is 5.28. The van der Waals surface area contributed by atoms with Gasteiger partial charge in [0.15, 0.2) is 5.13 Å². The van der Waals surface area contributed by atoms with Crippen LogP contribution in [0, 0.1) is 12.8 Å². The van der Waals surface area contributed by atoms with Gasteiger partial charge in [0.25, 0.3) is 5.91 Å². The molecule has 0 aromatic carbocycles. The molecule has 2 heterocycles. The van der Waals surface area contributed by atoms with Gasteiger partial charge in [-0.3, -0.25) is 9.78 Å². The van der Waals surface area contributed by atoms with Gasteiger partial charge in [0.05, 0.1) is 11.7 Å². The van der Waals surface area contributed by atoms with Gasteiger partial charge in [0.1, 0.15) is 5.69 Å². The molecule has 1 aliphatic carbocycles. The highest BCUT2D eigenvalue weighted by Crippen LogP contribution is 2.41. The SMILES string of the molecule is CNc1nc(C(=O)N[C@@H](c2ncccc2C)C2CC2)cs1. The minimum atomic E-state index is -0.130. The molecule has 0 saturated heterocycles. The normalized spacial score (nSPS) is 15.5. The lowest BCUT2D eigenvalue weighted by molar-refractivity contribution is 0.0926. The lowest BCUT2D eigenvalue weighted by Gasteiger charge is -2.19. The number of hydrogen-bond donors (Lipinski definition) is 2. The molecule has 2 N–H and O–H groups in total. The molecule has 110 valence electrons. The molecule has 0 aliphatic heterocycles. The maximum Gasteiger partial charge on any atom is 0.271 e. The molecule has 0 unspecified atom stereocenters. The summed E-state index contributed by atoms with van der Waals surface area (Å²) in [4.78, 5) is 21.1. The van der Waals surface area contributed by atoms with Crippen LogP contribution in [-0.2, 0) is 0 Å². The third-order valence-electron chi connectivity index (χ3n) is 3.68. The Hall–Kier alpha value is -1.95. The Balaban J connectivity index is 1.79. The highest BCUT2D eigenvalue weighted by Gasteiger charge is 2.35. The van der Waals surface area contributed by atoms with E-state index in [1.165, 1.54) is 11.3 Å². The van der Waals surface area contributed by atoms with Crippen molar-refractivity contribution < 1.29 is 4.79 Å². The first-order chi connectivity index (χ1) is 10.2. The number of carbonyl (C=O) groups is 1. The first-order valence-corrected chi connectivity index (χ1v) is 7.92. The summed E-state index contributed by atoms with van der Waals surface area (Å²) >= 11 is 1.43. The van der Waals surface area contributed by atoms with Crippen LogP contribution in [0.5, 0.6) is 0 Å². The molecule has 1 fully saturated rings. The molecule has 1 aliphatic rings. The highest BCUT2D eigenvalue weighted by molar-refractivity contribution is 7.13. The Bertz CT molecular complexity index is 651. The number of rotatable bonds is 5. The van der Waals surface area contributed by atoms with E-state index in [9.17, 15) is 4.79 Å². The zero-order valence-corrected chi connectivity index (χ0v) is 12.9. The Kier molecular flexibility index (Phi) is 3.88. The predicted molar refractivity (Wildman–Crippen MR) is 83.6 cm³/mol. The average molecular weight is 302 g/mol. The van der Waals surface area contributed by atoms with Crippen molar-refractivity contribution in [2.45, 2.75) is 25.8 Å². The van der Waals surface area contributed by atoms with E-state index < -0.39 is 0 Å². The zero-order valence-electron chi connectivity index (χ0n) is 12.1. The number of hydrogen-bond acceptors (Lipinski definition) is 5. The lowest BCUT2D eigenvalue weighted by Crippen LogP contribution is -2.31. The van der Waals surface area contributed by atoms with Crippen LogP contribution >= 0.6 is 11.3 Å². The summed E-state index contributed by atoms with van der Waals surface area (Å²) in [6.45, 7) is 2.03. The number of pyridine rings is 1. The van der Waals surface area contributed by atoms with Crippen molar-refractivity contribution in [1.82, 2.24) is 15.3 Å². The van der Waals surface area contributed by atoms with Crippen LogP contribution < -0.4 is 10.6 Å². The molecule has 21 heavy (non-hydrogen) atoms. The zero-order chi connectivity index (χ0) is 14.8. The lowest BCUT2D eigenvalue weighted by atomic mass is 10.0. The number of nitrogens with zero attached hydrogens (tertiary/aromatic N) is 2. The van der Waals surface area contributed by atoms with Gasteiger partial charge >= 0.3 is 0 Å². The Morgan fingerprint density at radius 2 is 2.29 bits per heavy atom. The van der Waals surface area contributed by atoms with E-state index in [0.29, 0.717) is 11.6 Å². The minimum absolute atomic E-state index is 0.0153. The monoisotopic (exact) mass is 302 g/mol. The fraction of sp³-hybridized carbons (Fsp3) is 0.400. The van der Waals surface area contributed by atoms with Crippen molar-refractivity contribution in [1.29, 1.82) is 0 Å². The van der Waals surface area contributed by atoms with E-state index in [1.807, 2.05) is 19.1 Å². The molecule has 5 nitrogen and oxygen atoms in total. The van der Waals surface area contributed by atoms with Crippen LogP contribution in [0.1, 0.15) is 40.6 Å². The summed E-state index contributed by atoms with van der Waals surface area (Å²) in [5.74, 6) is 0.361. The smallest absolute Gasteiger partial charge is 0.271 e. The third-order valence-corrected chi connectivity index (χ3v) is 4.54. The van der Waals surface area contributed by atoms with Crippen molar-refractivity contribution in [2.24, 2.45) is 5.92 Å². The fourth-order valence-electron chi connectivity index (χ4n) is 2.37. The van der Waals surface area contributed by atoms with Crippen LogP contribution in [0.3, 0.4) is 0 Å². The second kappa shape index (κ2) is 5.81. The van der Waals surface area contributed by atoms with Gasteiger partial charge in [-0.15, -0.1) is 11.3 Å². The largest absolute Gasteiger partial charge is 0.365 e. The quantitative estimate of drug-likeness (QED) is 0.891. The average Bonchev–Trinajstić information content (AvgIpc) is 3.22. The fourth-order valence-corrected chi connectivity index (χ4v) is 3.02. The molecule has 0 radical (unpaired) electrons. The summed E-state index contributed by atoms with van der Waals surface area (Å²) in [7, 11) is 1.80. The van der Waals surface area contributed by atoms with Gasteiger partial charge < -0.3 is 10.6 Å². The van der Waals surface area contributed by atoms with Crippen LogP contribution in [0.2, 0.25) is 0 Å². The molecule has 2 aromatic heterocycles. The van der Waals surface area contributed by atoms with Crippen molar-refractivity contribution in [2.75, 3.05) is 12.4 Å². The molecule has 3 rings (SSSR count). The number of carbonyl (C=O) groups excluding carboxylic acids is 1. The molecular weight excluding hydrogens is 284 g/mol. The van der Waals surface area contributed by atoms with Crippen molar-refractivity contribution in [3.05, 3.63) is 40.7 Å². The van der Waals surface area contributed by atoms with Crippen LogP contribution in [-0.4, -0.2) is 22.9 Å². The number of anilines is 1. The molecule has 2 aromatic rings. The van der Waals surface area contributed by atoms with E-state index >= 15 is 0 Å². The molecule has 1 atom stereocenters. The van der Waals surface area contributed by atoms with Gasteiger partial charge in [-0.05, 0) is 37.3 Å². The van der Waals surface area contributed by atoms with Crippen LogP contribution in [0.15, 0.2) is 23.7 Å². The number of amides is 1. The minimum Gasteiger partial charge on any atom is -0.365 e. The van der Waals surface area contributed by atoms with Gasteiger partial charge in [0, 0.05) is 18.6 Å². The maximum atomic E-state index is 12.4. The topological polar surface area (TPSA) is 66.9 Å². The summed E-state index contributed by atoms with van der Waals surface area (Å²) in [5.41, 5.74) is 2.55. The van der Waals surface area contributed by atoms with Gasteiger partial charge in [-0.25, -0.2) is 4.98 Å². The highest BCUT2D eigenvalue weighted by atomic mass is 32.1. The van der Waals surface area contributed by atoms with Gasteiger partial charge in [-0.2, -0.15) is 0 Å². The van der Waals surface area contributed by atoms with E-state index in [-0.39, 0.29) is 11.9 Å². The number of aromatic nitrogens is 2. The molecule has 0 spiro atoms. The van der Waals surface area contributed by atoms with E-state index in [1.54, 1.807) is 18.6 Å².